The van der Waals surface area contributed by atoms with Crippen LogP contribution in [-0.2, 0) is 23.9 Å². The fourth-order valence-electron chi connectivity index (χ4n) is 1.86. The standard InChI is InChI=1S/C16H18N2O6/c1-9(19)6-14(21)17-11-4-5-13(12(8-11)16(23)24-3)18-15(22)7-10(2)20/h4-5,8H,6-7H2,1-3H3,(H,17,21)(H,18,22). The van der Waals surface area contributed by atoms with Crippen LogP contribution in [0.15, 0.2) is 18.2 Å². The number of carbonyl (C=O) groups excluding carboxylic acids is 5. The first-order chi connectivity index (χ1) is 11.2. The Morgan fingerprint density at radius 1 is 0.917 bits per heavy atom. The molecule has 0 aliphatic heterocycles. The van der Waals surface area contributed by atoms with Crippen LogP contribution >= 0.6 is 0 Å². The van der Waals surface area contributed by atoms with Crippen molar-refractivity contribution in [2.24, 2.45) is 0 Å². The summed E-state index contributed by atoms with van der Waals surface area (Å²) >= 11 is 0. The lowest BCUT2D eigenvalue weighted by Gasteiger charge is -2.12. The molecule has 0 fully saturated rings. The van der Waals surface area contributed by atoms with E-state index in [0.29, 0.717) is 0 Å². The predicted octanol–water partition coefficient (Wildman–Crippen LogP) is 1.31. The number of Topliss-reactive ketones (excluding diaryl/α,β-unsaturated/α-hetero) is 2. The van der Waals surface area contributed by atoms with E-state index < -0.39 is 17.8 Å². The van der Waals surface area contributed by atoms with Crippen LogP contribution in [0.3, 0.4) is 0 Å². The van der Waals surface area contributed by atoms with Crippen molar-refractivity contribution >= 4 is 40.7 Å². The third kappa shape index (κ3) is 5.99. The Hall–Kier alpha value is -3.03. The van der Waals surface area contributed by atoms with Crippen LogP contribution in [0.25, 0.3) is 0 Å². The molecule has 128 valence electrons. The SMILES string of the molecule is COC(=O)c1cc(NC(=O)CC(C)=O)ccc1NC(=O)CC(C)=O. The first-order valence-corrected chi connectivity index (χ1v) is 7.04. The predicted molar refractivity (Wildman–Crippen MR) is 85.6 cm³/mol. The van der Waals surface area contributed by atoms with Crippen molar-refractivity contribution in [2.75, 3.05) is 17.7 Å². The number of ether oxygens (including phenoxy) is 1. The van der Waals surface area contributed by atoms with Gasteiger partial charge in [-0.05, 0) is 32.0 Å². The third-order valence-electron chi connectivity index (χ3n) is 2.80. The van der Waals surface area contributed by atoms with E-state index in [2.05, 4.69) is 15.4 Å². The molecule has 0 bridgehead atoms. The quantitative estimate of drug-likeness (QED) is 0.573. The van der Waals surface area contributed by atoms with Gasteiger partial charge in [-0.25, -0.2) is 4.79 Å². The van der Waals surface area contributed by atoms with Crippen LogP contribution in [0.2, 0.25) is 0 Å². The number of carbonyl (C=O) groups is 5. The molecular weight excluding hydrogens is 316 g/mol. The van der Waals surface area contributed by atoms with Crippen molar-refractivity contribution in [2.45, 2.75) is 26.7 Å². The zero-order valence-corrected chi connectivity index (χ0v) is 13.6. The smallest absolute Gasteiger partial charge is 0.340 e. The minimum Gasteiger partial charge on any atom is -0.465 e. The number of nitrogens with one attached hydrogen (secondary N) is 2. The number of anilines is 2. The summed E-state index contributed by atoms with van der Waals surface area (Å²) in [5.74, 6) is -2.43. The Morgan fingerprint density at radius 2 is 1.46 bits per heavy atom. The van der Waals surface area contributed by atoms with Crippen LogP contribution in [0.4, 0.5) is 11.4 Å². The lowest BCUT2D eigenvalue weighted by atomic mass is 10.1. The van der Waals surface area contributed by atoms with Crippen molar-refractivity contribution in [1.82, 2.24) is 0 Å². The van der Waals surface area contributed by atoms with E-state index in [1.54, 1.807) is 0 Å². The lowest BCUT2D eigenvalue weighted by Crippen LogP contribution is -2.18. The Kier molecular flexibility index (Phi) is 6.79. The molecule has 0 atom stereocenters. The Morgan fingerprint density at radius 3 is 1.96 bits per heavy atom. The molecule has 8 nitrogen and oxygen atoms in total. The molecule has 0 heterocycles. The summed E-state index contributed by atoms with van der Waals surface area (Å²) in [4.78, 5) is 57.0. The van der Waals surface area contributed by atoms with Crippen molar-refractivity contribution in [3.8, 4) is 0 Å². The molecule has 8 heteroatoms. The average Bonchev–Trinajstić information content (AvgIpc) is 2.46. The highest BCUT2D eigenvalue weighted by atomic mass is 16.5. The van der Waals surface area contributed by atoms with Crippen LogP contribution in [0, 0.1) is 0 Å². The van der Waals surface area contributed by atoms with Gasteiger partial charge in [0.25, 0.3) is 0 Å². The van der Waals surface area contributed by atoms with Crippen molar-refractivity contribution in [1.29, 1.82) is 0 Å². The second kappa shape index (κ2) is 8.56. The van der Waals surface area contributed by atoms with Gasteiger partial charge in [0.15, 0.2) is 0 Å². The van der Waals surface area contributed by atoms with Crippen LogP contribution in [0.5, 0.6) is 0 Å². The minimum atomic E-state index is -0.726. The van der Waals surface area contributed by atoms with Crippen molar-refractivity contribution in [3.63, 3.8) is 0 Å². The average molecular weight is 334 g/mol. The Bertz CT molecular complexity index is 696. The largest absolute Gasteiger partial charge is 0.465 e. The number of hydrogen-bond acceptors (Lipinski definition) is 6. The maximum Gasteiger partial charge on any atom is 0.340 e. The number of esters is 1. The van der Waals surface area contributed by atoms with Crippen LogP contribution < -0.4 is 10.6 Å². The summed E-state index contributed by atoms with van der Waals surface area (Å²) in [5, 5.41) is 4.91. The molecule has 2 N–H and O–H groups in total. The molecule has 0 unspecified atom stereocenters. The van der Waals surface area contributed by atoms with E-state index in [9.17, 15) is 24.0 Å². The summed E-state index contributed by atoms with van der Waals surface area (Å²) < 4.78 is 4.64. The van der Waals surface area contributed by atoms with Crippen molar-refractivity contribution in [3.05, 3.63) is 23.8 Å². The van der Waals surface area contributed by atoms with E-state index in [1.165, 1.54) is 39.2 Å². The van der Waals surface area contributed by atoms with Gasteiger partial charge in [0, 0.05) is 5.69 Å². The first-order valence-electron chi connectivity index (χ1n) is 7.04. The van der Waals surface area contributed by atoms with Gasteiger partial charge in [0.2, 0.25) is 11.8 Å². The fourth-order valence-corrected chi connectivity index (χ4v) is 1.86. The third-order valence-corrected chi connectivity index (χ3v) is 2.80. The summed E-state index contributed by atoms with van der Waals surface area (Å²) in [6.07, 6.45) is -0.609. The number of rotatable bonds is 7. The molecule has 0 aliphatic rings. The topological polar surface area (TPSA) is 119 Å². The van der Waals surface area contributed by atoms with Gasteiger partial charge in [-0.1, -0.05) is 0 Å². The van der Waals surface area contributed by atoms with Gasteiger partial charge in [-0.3, -0.25) is 19.2 Å². The van der Waals surface area contributed by atoms with Gasteiger partial charge in [0.05, 0.1) is 31.2 Å². The van der Waals surface area contributed by atoms with E-state index >= 15 is 0 Å². The Labute approximate surface area is 138 Å². The molecular formula is C16H18N2O6. The zero-order chi connectivity index (χ0) is 18.3. The first kappa shape index (κ1) is 19.0. The lowest BCUT2D eigenvalue weighted by molar-refractivity contribution is -0.125. The molecule has 0 saturated carbocycles. The summed E-state index contributed by atoms with van der Waals surface area (Å²) in [6, 6.07) is 4.16. The molecule has 0 spiro atoms. The van der Waals surface area contributed by atoms with E-state index in [1.807, 2.05) is 0 Å². The molecule has 1 aromatic carbocycles. The molecule has 0 radical (unpaired) electrons. The zero-order valence-electron chi connectivity index (χ0n) is 13.6. The maximum absolute atomic E-state index is 11.8. The molecule has 2 amide bonds. The van der Waals surface area contributed by atoms with Crippen LogP contribution in [-0.4, -0.2) is 36.5 Å². The number of amides is 2. The monoisotopic (exact) mass is 334 g/mol. The van der Waals surface area contributed by atoms with Gasteiger partial charge < -0.3 is 15.4 Å². The van der Waals surface area contributed by atoms with Gasteiger partial charge in [0.1, 0.15) is 11.6 Å². The normalized spacial score (nSPS) is 9.79. The highest BCUT2D eigenvalue weighted by molar-refractivity contribution is 6.08. The maximum atomic E-state index is 11.8. The van der Waals surface area contributed by atoms with Crippen molar-refractivity contribution < 1.29 is 28.7 Å². The molecule has 0 aliphatic carbocycles. The molecule has 24 heavy (non-hydrogen) atoms. The van der Waals surface area contributed by atoms with Crippen LogP contribution in [0.1, 0.15) is 37.0 Å². The highest BCUT2D eigenvalue weighted by Crippen LogP contribution is 2.22. The molecule has 0 saturated heterocycles. The molecule has 1 rings (SSSR count). The Balaban J connectivity index is 3.03. The number of hydrogen-bond donors (Lipinski definition) is 2. The van der Waals surface area contributed by atoms with Gasteiger partial charge in [-0.2, -0.15) is 0 Å². The molecule has 1 aromatic rings. The minimum absolute atomic E-state index is 0.00928. The summed E-state index contributed by atoms with van der Waals surface area (Å²) in [5.41, 5.74) is 0.430. The second-order valence-corrected chi connectivity index (χ2v) is 5.11. The van der Waals surface area contributed by atoms with Gasteiger partial charge in [-0.15, -0.1) is 0 Å². The number of methoxy groups -OCH3 is 1. The van der Waals surface area contributed by atoms with E-state index in [-0.39, 0.29) is 41.3 Å². The summed E-state index contributed by atoms with van der Waals surface area (Å²) in [7, 11) is 1.17. The number of benzene rings is 1. The van der Waals surface area contributed by atoms with E-state index in [0.717, 1.165) is 0 Å². The number of ketones is 2. The van der Waals surface area contributed by atoms with E-state index in [4.69, 9.17) is 0 Å². The summed E-state index contributed by atoms with van der Waals surface area (Å²) in [6.45, 7) is 2.56. The highest BCUT2D eigenvalue weighted by Gasteiger charge is 2.16. The van der Waals surface area contributed by atoms with Gasteiger partial charge >= 0.3 is 5.97 Å². The second-order valence-electron chi connectivity index (χ2n) is 5.11. The molecule has 0 aromatic heterocycles. The fraction of sp³-hybridized carbons (Fsp3) is 0.312.